The van der Waals surface area contributed by atoms with Crippen LogP contribution in [0.4, 0.5) is 25.3 Å². The molecule has 0 aliphatic carbocycles. The fourth-order valence-corrected chi connectivity index (χ4v) is 3.63. The molecule has 0 aliphatic rings. The zero-order valence-corrected chi connectivity index (χ0v) is 15.3. The van der Waals surface area contributed by atoms with E-state index in [0.717, 1.165) is 35.1 Å². The zero-order chi connectivity index (χ0) is 18.5. The lowest BCUT2D eigenvalue weighted by Crippen LogP contribution is -2.16. The SMILES string of the molecule is Cc1ccccc1Nc1nnc(SCC(=O)Nc2c(F)cccc2F)s1. The topological polar surface area (TPSA) is 66.9 Å². The summed E-state index contributed by atoms with van der Waals surface area (Å²) in [7, 11) is 0. The molecule has 0 aliphatic heterocycles. The summed E-state index contributed by atoms with van der Waals surface area (Å²) < 4.78 is 27.6. The van der Waals surface area contributed by atoms with E-state index in [9.17, 15) is 13.6 Å². The molecule has 0 saturated heterocycles. The van der Waals surface area contributed by atoms with Crippen LogP contribution < -0.4 is 10.6 Å². The van der Waals surface area contributed by atoms with E-state index in [-0.39, 0.29) is 5.75 Å². The molecular weight excluding hydrogens is 378 g/mol. The summed E-state index contributed by atoms with van der Waals surface area (Å²) in [5, 5.41) is 14.0. The van der Waals surface area contributed by atoms with E-state index in [1.165, 1.54) is 17.4 Å². The molecule has 0 bridgehead atoms. The fraction of sp³-hybridized carbons (Fsp3) is 0.118. The molecule has 1 amide bonds. The number of nitrogens with one attached hydrogen (secondary N) is 2. The van der Waals surface area contributed by atoms with Gasteiger partial charge in [0.2, 0.25) is 11.0 Å². The van der Waals surface area contributed by atoms with Gasteiger partial charge in [-0.25, -0.2) is 8.78 Å². The molecule has 3 aromatic rings. The van der Waals surface area contributed by atoms with E-state index in [1.807, 2.05) is 31.2 Å². The van der Waals surface area contributed by atoms with E-state index in [0.29, 0.717) is 9.47 Å². The quantitative estimate of drug-likeness (QED) is 0.600. The first-order valence-electron chi connectivity index (χ1n) is 7.56. The Bertz CT molecular complexity index is 912. The van der Waals surface area contributed by atoms with Crippen LogP contribution in [0.15, 0.2) is 46.8 Å². The van der Waals surface area contributed by atoms with Crippen LogP contribution in [0.5, 0.6) is 0 Å². The van der Waals surface area contributed by atoms with Crippen LogP contribution in [0.25, 0.3) is 0 Å². The van der Waals surface area contributed by atoms with Gasteiger partial charge >= 0.3 is 0 Å². The second-order valence-corrected chi connectivity index (χ2v) is 7.45. The third kappa shape index (κ3) is 4.55. The number of rotatable bonds is 6. The molecule has 5 nitrogen and oxygen atoms in total. The number of hydrogen-bond donors (Lipinski definition) is 2. The number of hydrogen-bond acceptors (Lipinski definition) is 6. The Kier molecular flexibility index (Phi) is 5.79. The van der Waals surface area contributed by atoms with E-state index in [2.05, 4.69) is 20.8 Å². The molecule has 0 saturated carbocycles. The third-order valence-electron chi connectivity index (χ3n) is 3.35. The smallest absolute Gasteiger partial charge is 0.234 e. The largest absolute Gasteiger partial charge is 0.330 e. The van der Waals surface area contributed by atoms with Gasteiger partial charge in [-0.1, -0.05) is 47.4 Å². The average molecular weight is 392 g/mol. The molecule has 1 aromatic heterocycles. The second-order valence-electron chi connectivity index (χ2n) is 5.25. The van der Waals surface area contributed by atoms with Gasteiger partial charge in [-0.3, -0.25) is 4.79 Å². The Balaban J connectivity index is 1.56. The zero-order valence-electron chi connectivity index (χ0n) is 13.6. The van der Waals surface area contributed by atoms with Crippen molar-refractivity contribution in [2.45, 2.75) is 11.3 Å². The summed E-state index contributed by atoms with van der Waals surface area (Å²) in [5.41, 5.74) is 1.55. The lowest BCUT2D eigenvalue weighted by Gasteiger charge is -2.06. The van der Waals surface area contributed by atoms with E-state index >= 15 is 0 Å². The first-order chi connectivity index (χ1) is 12.5. The molecule has 0 atom stereocenters. The summed E-state index contributed by atoms with van der Waals surface area (Å²) in [6, 6.07) is 11.2. The van der Waals surface area contributed by atoms with E-state index < -0.39 is 23.2 Å². The van der Waals surface area contributed by atoms with Gasteiger partial charge < -0.3 is 10.6 Å². The highest BCUT2D eigenvalue weighted by Crippen LogP contribution is 2.29. The van der Waals surface area contributed by atoms with E-state index in [1.54, 1.807) is 0 Å². The molecule has 3 rings (SSSR count). The predicted molar refractivity (Wildman–Crippen MR) is 100 cm³/mol. The van der Waals surface area contributed by atoms with Gasteiger partial charge in [-0.15, -0.1) is 10.2 Å². The first-order valence-corrected chi connectivity index (χ1v) is 9.36. The molecular formula is C17H14F2N4OS2. The summed E-state index contributed by atoms with van der Waals surface area (Å²) in [4.78, 5) is 11.9. The summed E-state index contributed by atoms with van der Waals surface area (Å²) in [5.74, 6) is -2.19. The molecule has 26 heavy (non-hydrogen) atoms. The first kappa shape index (κ1) is 18.3. The Labute approximate surface area is 156 Å². The summed E-state index contributed by atoms with van der Waals surface area (Å²) >= 11 is 2.44. The molecule has 0 spiro atoms. The van der Waals surface area contributed by atoms with Crippen molar-refractivity contribution in [1.29, 1.82) is 0 Å². The normalized spacial score (nSPS) is 10.6. The summed E-state index contributed by atoms with van der Waals surface area (Å²) in [6.45, 7) is 1.98. The van der Waals surface area contributed by atoms with Crippen molar-refractivity contribution in [2.75, 3.05) is 16.4 Å². The van der Waals surface area contributed by atoms with Crippen LogP contribution in [-0.4, -0.2) is 21.9 Å². The number of halogens is 2. The number of carbonyl (C=O) groups excluding carboxylic acids is 1. The Morgan fingerprint density at radius 3 is 2.58 bits per heavy atom. The Hall–Kier alpha value is -2.52. The van der Waals surface area contributed by atoms with Gasteiger partial charge in [0.1, 0.15) is 17.3 Å². The molecule has 2 N–H and O–H groups in total. The van der Waals surface area contributed by atoms with Crippen molar-refractivity contribution in [3.05, 3.63) is 59.7 Å². The highest BCUT2D eigenvalue weighted by atomic mass is 32.2. The third-order valence-corrected chi connectivity index (χ3v) is 5.32. The maximum absolute atomic E-state index is 13.5. The number of amides is 1. The van der Waals surface area contributed by atoms with Gasteiger partial charge in [-0.05, 0) is 30.7 Å². The number of benzene rings is 2. The van der Waals surface area contributed by atoms with Gasteiger partial charge in [0.25, 0.3) is 0 Å². The maximum atomic E-state index is 13.5. The lowest BCUT2D eigenvalue weighted by atomic mass is 10.2. The van der Waals surface area contributed by atoms with Crippen molar-refractivity contribution in [2.24, 2.45) is 0 Å². The van der Waals surface area contributed by atoms with Crippen LogP contribution in [0.1, 0.15) is 5.56 Å². The van der Waals surface area contributed by atoms with E-state index in [4.69, 9.17) is 0 Å². The molecule has 0 radical (unpaired) electrons. The van der Waals surface area contributed by atoms with Crippen molar-refractivity contribution in [3.8, 4) is 0 Å². The van der Waals surface area contributed by atoms with Crippen LogP contribution in [-0.2, 0) is 4.79 Å². The minimum Gasteiger partial charge on any atom is -0.330 e. The van der Waals surface area contributed by atoms with Gasteiger partial charge in [0.05, 0.1) is 5.75 Å². The fourth-order valence-electron chi connectivity index (χ4n) is 2.07. The Morgan fingerprint density at radius 2 is 1.85 bits per heavy atom. The van der Waals surface area contributed by atoms with Gasteiger partial charge in [0.15, 0.2) is 4.34 Å². The molecule has 1 heterocycles. The second kappa shape index (κ2) is 8.24. The number of anilines is 3. The molecule has 0 unspecified atom stereocenters. The number of carbonyl (C=O) groups is 1. The van der Waals surface area contributed by atoms with Crippen LogP contribution >= 0.6 is 23.1 Å². The molecule has 0 fully saturated rings. The highest BCUT2D eigenvalue weighted by Gasteiger charge is 2.13. The minimum absolute atomic E-state index is 0.0349. The van der Waals surface area contributed by atoms with Crippen molar-refractivity contribution < 1.29 is 13.6 Å². The van der Waals surface area contributed by atoms with Crippen LogP contribution in [0, 0.1) is 18.6 Å². The molecule has 9 heteroatoms. The van der Waals surface area contributed by atoms with Gasteiger partial charge in [0, 0.05) is 5.69 Å². The number of thioether (sulfide) groups is 1. The molecule has 2 aromatic carbocycles. The average Bonchev–Trinajstić information content (AvgIpc) is 3.06. The monoisotopic (exact) mass is 392 g/mol. The summed E-state index contributed by atoms with van der Waals surface area (Å²) in [6.07, 6.45) is 0. The number of aromatic nitrogens is 2. The standard InChI is InChI=1S/C17H14F2N4OS2/c1-10-5-2-3-8-13(10)20-16-22-23-17(26-16)25-9-14(24)21-15-11(18)6-4-7-12(15)19/h2-8H,9H2,1H3,(H,20,22)(H,21,24). The van der Waals surface area contributed by atoms with Crippen molar-refractivity contribution in [3.63, 3.8) is 0 Å². The maximum Gasteiger partial charge on any atom is 0.234 e. The number of nitrogens with zero attached hydrogens (tertiary/aromatic N) is 2. The lowest BCUT2D eigenvalue weighted by molar-refractivity contribution is -0.113. The van der Waals surface area contributed by atoms with Crippen LogP contribution in [0.2, 0.25) is 0 Å². The van der Waals surface area contributed by atoms with Crippen molar-refractivity contribution in [1.82, 2.24) is 10.2 Å². The minimum atomic E-state index is -0.816. The van der Waals surface area contributed by atoms with Crippen molar-refractivity contribution >= 4 is 45.5 Å². The predicted octanol–water partition coefficient (Wildman–Crippen LogP) is 4.60. The Morgan fingerprint density at radius 1 is 1.12 bits per heavy atom. The van der Waals surface area contributed by atoms with Gasteiger partial charge in [-0.2, -0.15) is 0 Å². The highest BCUT2D eigenvalue weighted by molar-refractivity contribution is 8.01. The molecule has 134 valence electrons. The number of aryl methyl sites for hydroxylation is 1. The van der Waals surface area contributed by atoms with Crippen LogP contribution in [0.3, 0.4) is 0 Å². The number of para-hydroxylation sites is 2.